The van der Waals surface area contributed by atoms with E-state index in [0.29, 0.717) is 5.69 Å². The molecule has 1 amide bonds. The summed E-state index contributed by atoms with van der Waals surface area (Å²) in [6, 6.07) is 5.75. The van der Waals surface area contributed by atoms with Crippen LogP contribution in [-0.4, -0.2) is 39.8 Å². The Morgan fingerprint density at radius 3 is 2.96 bits per heavy atom. The number of anilines is 1. The van der Waals surface area contributed by atoms with E-state index in [4.69, 9.17) is 16.6 Å². The number of amides is 1. The zero-order valence-corrected chi connectivity index (χ0v) is 16.3. The number of nitrogens with one attached hydrogen (secondary N) is 1. The SMILES string of the molecule is Cc1ccc(Cl)c2sc(N3CCCC(NC(=O)c4ccnn4C)C3)nc12. The van der Waals surface area contributed by atoms with E-state index in [0.717, 1.165) is 51.9 Å². The molecule has 1 aromatic carbocycles. The van der Waals surface area contributed by atoms with Gasteiger partial charge in [0.05, 0.1) is 15.2 Å². The number of carbonyl (C=O) groups excluding carboxylic acids is 1. The van der Waals surface area contributed by atoms with Crippen LogP contribution in [0.25, 0.3) is 10.2 Å². The van der Waals surface area contributed by atoms with Crippen LogP contribution in [0.4, 0.5) is 5.13 Å². The lowest BCUT2D eigenvalue weighted by atomic mass is 10.1. The first-order chi connectivity index (χ1) is 12.5. The Labute approximate surface area is 160 Å². The van der Waals surface area contributed by atoms with Crippen molar-refractivity contribution in [3.05, 3.63) is 40.7 Å². The summed E-state index contributed by atoms with van der Waals surface area (Å²) < 4.78 is 2.62. The van der Waals surface area contributed by atoms with Crippen molar-refractivity contribution < 1.29 is 4.79 Å². The molecule has 2 aromatic heterocycles. The fraction of sp³-hybridized carbons (Fsp3) is 0.389. The normalized spacial score (nSPS) is 17.7. The summed E-state index contributed by atoms with van der Waals surface area (Å²) in [5, 5.41) is 8.90. The number of fused-ring (bicyclic) bond motifs is 1. The third kappa shape index (κ3) is 3.17. The Morgan fingerprint density at radius 1 is 1.38 bits per heavy atom. The quantitative estimate of drug-likeness (QED) is 0.745. The number of halogens is 1. The summed E-state index contributed by atoms with van der Waals surface area (Å²) >= 11 is 7.96. The first-order valence-corrected chi connectivity index (χ1v) is 9.82. The number of aromatic nitrogens is 3. The third-order valence-corrected chi connectivity index (χ3v) is 6.34. The number of rotatable bonds is 3. The molecule has 3 heterocycles. The van der Waals surface area contributed by atoms with Gasteiger partial charge in [-0.2, -0.15) is 5.10 Å². The van der Waals surface area contributed by atoms with Crippen LogP contribution < -0.4 is 10.2 Å². The van der Waals surface area contributed by atoms with Crippen molar-refractivity contribution >= 4 is 44.2 Å². The van der Waals surface area contributed by atoms with Crippen LogP contribution in [0, 0.1) is 6.92 Å². The summed E-state index contributed by atoms with van der Waals surface area (Å²) in [4.78, 5) is 19.5. The molecule has 0 bridgehead atoms. The van der Waals surface area contributed by atoms with Crippen LogP contribution in [0.1, 0.15) is 28.9 Å². The third-order valence-electron chi connectivity index (χ3n) is 4.77. The van der Waals surface area contributed by atoms with Crippen LogP contribution in [0.5, 0.6) is 0 Å². The Hall–Kier alpha value is -2.12. The van der Waals surface area contributed by atoms with Crippen molar-refractivity contribution in [2.24, 2.45) is 7.05 Å². The lowest BCUT2D eigenvalue weighted by Crippen LogP contribution is -2.48. The highest BCUT2D eigenvalue weighted by atomic mass is 35.5. The molecule has 3 aromatic rings. The summed E-state index contributed by atoms with van der Waals surface area (Å²) in [5.41, 5.74) is 2.67. The molecule has 1 unspecified atom stereocenters. The van der Waals surface area contributed by atoms with Gasteiger partial charge >= 0.3 is 0 Å². The highest BCUT2D eigenvalue weighted by Crippen LogP contribution is 2.36. The molecule has 0 saturated carbocycles. The van der Waals surface area contributed by atoms with Gasteiger partial charge in [-0.05, 0) is 37.5 Å². The van der Waals surface area contributed by atoms with E-state index >= 15 is 0 Å². The highest BCUT2D eigenvalue weighted by molar-refractivity contribution is 7.22. The van der Waals surface area contributed by atoms with Crippen molar-refractivity contribution in [1.29, 1.82) is 0 Å². The molecule has 1 saturated heterocycles. The second kappa shape index (κ2) is 6.89. The Balaban J connectivity index is 1.52. The molecule has 1 aliphatic heterocycles. The van der Waals surface area contributed by atoms with Crippen molar-refractivity contribution in [2.45, 2.75) is 25.8 Å². The van der Waals surface area contributed by atoms with Gasteiger partial charge in [-0.15, -0.1) is 0 Å². The minimum atomic E-state index is -0.0833. The predicted octanol–water partition coefficient (Wildman–Crippen LogP) is 3.39. The Morgan fingerprint density at radius 2 is 2.23 bits per heavy atom. The van der Waals surface area contributed by atoms with Gasteiger partial charge in [0.2, 0.25) is 0 Å². The molecule has 0 radical (unpaired) electrons. The summed E-state index contributed by atoms with van der Waals surface area (Å²) in [5.74, 6) is -0.0833. The topological polar surface area (TPSA) is 63.1 Å². The summed E-state index contributed by atoms with van der Waals surface area (Å²) in [6.07, 6.45) is 3.61. The molecule has 1 aliphatic rings. The molecule has 26 heavy (non-hydrogen) atoms. The standard InChI is InChI=1S/C18H20ClN5OS/c1-11-5-6-13(19)16-15(11)22-18(26-16)24-9-3-4-12(10-24)21-17(25)14-7-8-20-23(14)2/h5-8,12H,3-4,9-10H2,1-2H3,(H,21,25). The molecule has 136 valence electrons. The number of piperidine rings is 1. The van der Waals surface area contributed by atoms with Gasteiger partial charge in [-0.3, -0.25) is 9.48 Å². The molecule has 1 atom stereocenters. The lowest BCUT2D eigenvalue weighted by molar-refractivity contribution is 0.0923. The van der Waals surface area contributed by atoms with Gasteiger partial charge in [-0.1, -0.05) is 29.0 Å². The summed E-state index contributed by atoms with van der Waals surface area (Å²) in [6.45, 7) is 3.74. The number of hydrogen-bond donors (Lipinski definition) is 1. The molecule has 4 rings (SSSR count). The molecule has 1 fully saturated rings. The molecule has 0 aliphatic carbocycles. The predicted molar refractivity (Wildman–Crippen MR) is 105 cm³/mol. The number of hydrogen-bond acceptors (Lipinski definition) is 5. The fourth-order valence-corrected chi connectivity index (χ4v) is 4.70. The van der Waals surface area contributed by atoms with Gasteiger partial charge in [0.15, 0.2) is 5.13 Å². The summed E-state index contributed by atoms with van der Waals surface area (Å²) in [7, 11) is 1.77. The second-order valence-electron chi connectivity index (χ2n) is 6.64. The van der Waals surface area contributed by atoms with E-state index in [1.165, 1.54) is 0 Å². The van der Waals surface area contributed by atoms with Crippen LogP contribution in [-0.2, 0) is 7.05 Å². The van der Waals surface area contributed by atoms with Gasteiger partial charge in [0.25, 0.3) is 5.91 Å². The van der Waals surface area contributed by atoms with Gasteiger partial charge < -0.3 is 10.2 Å². The van der Waals surface area contributed by atoms with Crippen molar-refractivity contribution in [3.63, 3.8) is 0 Å². The molecule has 0 spiro atoms. The van der Waals surface area contributed by atoms with E-state index < -0.39 is 0 Å². The van der Waals surface area contributed by atoms with Crippen LogP contribution >= 0.6 is 22.9 Å². The molecular weight excluding hydrogens is 370 g/mol. The van der Waals surface area contributed by atoms with E-state index in [1.54, 1.807) is 35.3 Å². The van der Waals surface area contributed by atoms with E-state index in [1.807, 2.05) is 12.1 Å². The molecule has 8 heteroatoms. The van der Waals surface area contributed by atoms with Crippen molar-refractivity contribution in [1.82, 2.24) is 20.1 Å². The molecular formula is C18H20ClN5OS. The number of nitrogens with zero attached hydrogens (tertiary/aromatic N) is 4. The average molecular weight is 390 g/mol. The minimum absolute atomic E-state index is 0.0833. The first kappa shape index (κ1) is 17.3. The van der Waals surface area contributed by atoms with E-state index in [-0.39, 0.29) is 11.9 Å². The van der Waals surface area contributed by atoms with E-state index in [2.05, 4.69) is 22.2 Å². The number of aryl methyl sites for hydroxylation is 2. The lowest BCUT2D eigenvalue weighted by Gasteiger charge is -2.32. The van der Waals surface area contributed by atoms with E-state index in [9.17, 15) is 4.79 Å². The highest BCUT2D eigenvalue weighted by Gasteiger charge is 2.25. The van der Waals surface area contributed by atoms with Crippen molar-refractivity contribution in [2.75, 3.05) is 18.0 Å². The number of carbonyl (C=O) groups is 1. The second-order valence-corrected chi connectivity index (χ2v) is 8.02. The van der Waals surface area contributed by atoms with Gasteiger partial charge in [-0.25, -0.2) is 4.98 Å². The average Bonchev–Trinajstić information content (AvgIpc) is 3.26. The number of benzene rings is 1. The maximum Gasteiger partial charge on any atom is 0.269 e. The molecule has 6 nitrogen and oxygen atoms in total. The largest absolute Gasteiger partial charge is 0.346 e. The number of thiazole rings is 1. The fourth-order valence-electron chi connectivity index (χ4n) is 3.35. The van der Waals surface area contributed by atoms with Gasteiger partial charge in [0.1, 0.15) is 5.69 Å². The zero-order valence-electron chi connectivity index (χ0n) is 14.7. The molecule has 1 N–H and O–H groups in total. The monoisotopic (exact) mass is 389 g/mol. The maximum absolute atomic E-state index is 12.4. The Kier molecular flexibility index (Phi) is 4.58. The smallest absolute Gasteiger partial charge is 0.269 e. The zero-order chi connectivity index (χ0) is 18.3. The minimum Gasteiger partial charge on any atom is -0.346 e. The van der Waals surface area contributed by atoms with Crippen LogP contribution in [0.15, 0.2) is 24.4 Å². The van der Waals surface area contributed by atoms with Crippen LogP contribution in [0.2, 0.25) is 5.02 Å². The van der Waals surface area contributed by atoms with Gasteiger partial charge in [0, 0.05) is 32.4 Å². The maximum atomic E-state index is 12.4. The Bertz CT molecular complexity index is 927. The van der Waals surface area contributed by atoms with Crippen molar-refractivity contribution in [3.8, 4) is 0 Å². The van der Waals surface area contributed by atoms with Crippen LogP contribution in [0.3, 0.4) is 0 Å². The first-order valence-electron chi connectivity index (χ1n) is 8.62.